The van der Waals surface area contributed by atoms with E-state index in [4.69, 9.17) is 25.5 Å². The van der Waals surface area contributed by atoms with Crippen LogP contribution >= 0.6 is 11.6 Å². The summed E-state index contributed by atoms with van der Waals surface area (Å²) in [5, 5.41) is 6.92. The zero-order valence-corrected chi connectivity index (χ0v) is 20.4. The van der Waals surface area contributed by atoms with Gasteiger partial charge < -0.3 is 13.7 Å². The topological polar surface area (TPSA) is 82.5 Å². The van der Waals surface area contributed by atoms with Gasteiger partial charge in [-0.3, -0.25) is 14.5 Å². The third kappa shape index (κ3) is 4.76. The Bertz CT molecular complexity index is 1230. The molecule has 0 radical (unpaired) electrons. The van der Waals surface area contributed by atoms with E-state index in [0.717, 1.165) is 11.3 Å². The van der Waals surface area contributed by atoms with Crippen molar-refractivity contribution in [1.29, 1.82) is 0 Å². The smallest absolute Gasteiger partial charge is 0.289 e. The first-order chi connectivity index (χ1) is 16.9. The van der Waals surface area contributed by atoms with Gasteiger partial charge in [0.25, 0.3) is 11.8 Å². The van der Waals surface area contributed by atoms with Crippen molar-refractivity contribution in [3.05, 3.63) is 82.7 Å². The molecular weight excluding hydrogens is 468 g/mol. The number of carbonyl (C=O) groups is 2. The Kier molecular flexibility index (Phi) is 6.49. The number of furan rings is 2. The second kappa shape index (κ2) is 9.71. The lowest BCUT2D eigenvalue weighted by atomic mass is 10.0. The number of nitrogens with zero attached hydrogens (tertiary/aromatic N) is 4. The molecule has 0 aliphatic carbocycles. The molecule has 35 heavy (non-hydrogen) atoms. The molecule has 1 aromatic carbocycles. The largest absolute Gasteiger partial charge is 0.467 e. The zero-order valence-electron chi connectivity index (χ0n) is 19.7. The maximum Gasteiger partial charge on any atom is 0.289 e. The van der Waals surface area contributed by atoms with Gasteiger partial charge >= 0.3 is 0 Å². The summed E-state index contributed by atoms with van der Waals surface area (Å²) in [6, 6.07) is 13.9. The Hall–Kier alpha value is -3.36. The highest BCUT2D eigenvalue weighted by atomic mass is 35.5. The van der Waals surface area contributed by atoms with Crippen molar-refractivity contribution >= 4 is 29.1 Å². The lowest BCUT2D eigenvalue weighted by Crippen LogP contribution is -2.55. The Balaban J connectivity index is 1.29. The van der Waals surface area contributed by atoms with Crippen molar-refractivity contribution in [2.45, 2.75) is 32.4 Å². The fraction of sp³-hybridized carbons (Fsp3) is 0.346. The van der Waals surface area contributed by atoms with Gasteiger partial charge in [-0.05, 0) is 55.8 Å². The van der Waals surface area contributed by atoms with Crippen molar-refractivity contribution in [1.82, 2.24) is 14.8 Å². The summed E-state index contributed by atoms with van der Waals surface area (Å²) >= 11 is 6.05. The first-order valence-electron chi connectivity index (χ1n) is 11.7. The summed E-state index contributed by atoms with van der Waals surface area (Å²) < 4.78 is 11.1. The Morgan fingerprint density at radius 2 is 1.80 bits per heavy atom. The van der Waals surface area contributed by atoms with Gasteiger partial charge in [0.1, 0.15) is 17.6 Å². The van der Waals surface area contributed by atoms with E-state index in [1.54, 1.807) is 28.3 Å². The van der Waals surface area contributed by atoms with Crippen LogP contribution in [0.1, 0.15) is 47.0 Å². The normalized spacial score (nSPS) is 19.6. The summed E-state index contributed by atoms with van der Waals surface area (Å²) in [6.07, 6.45) is 2.16. The lowest BCUT2D eigenvalue weighted by molar-refractivity contribution is -0.139. The molecule has 2 unspecified atom stereocenters. The molecule has 4 heterocycles. The van der Waals surface area contributed by atoms with Crippen molar-refractivity contribution in [2.24, 2.45) is 5.10 Å². The number of benzene rings is 1. The molecule has 0 spiro atoms. The minimum atomic E-state index is -0.399. The highest BCUT2D eigenvalue weighted by Crippen LogP contribution is 2.34. The van der Waals surface area contributed by atoms with Crippen LogP contribution in [0.15, 0.2) is 68.7 Å². The van der Waals surface area contributed by atoms with E-state index in [0.29, 0.717) is 54.9 Å². The Labute approximate surface area is 208 Å². The Morgan fingerprint density at radius 1 is 1.06 bits per heavy atom. The maximum atomic E-state index is 13.6. The molecule has 0 saturated carbocycles. The number of hydrazone groups is 1. The summed E-state index contributed by atoms with van der Waals surface area (Å²) in [6.45, 7) is 5.94. The molecule has 1 saturated heterocycles. The molecule has 0 bridgehead atoms. The first kappa shape index (κ1) is 23.4. The number of halogens is 1. The molecular formula is C26H27ClN4O4. The predicted molar refractivity (Wildman–Crippen MR) is 131 cm³/mol. The molecule has 2 aromatic heterocycles. The van der Waals surface area contributed by atoms with Crippen LogP contribution < -0.4 is 0 Å². The van der Waals surface area contributed by atoms with Crippen LogP contribution in [0.4, 0.5) is 0 Å². The van der Waals surface area contributed by atoms with E-state index in [1.165, 1.54) is 0 Å². The van der Waals surface area contributed by atoms with E-state index < -0.39 is 6.04 Å². The average molecular weight is 495 g/mol. The number of hydrogen-bond donors (Lipinski definition) is 0. The van der Waals surface area contributed by atoms with Crippen molar-refractivity contribution in [2.75, 3.05) is 26.2 Å². The number of piperazine rings is 1. The van der Waals surface area contributed by atoms with Crippen LogP contribution in [0, 0.1) is 6.92 Å². The van der Waals surface area contributed by atoms with Crippen LogP contribution in [-0.2, 0) is 4.79 Å². The standard InChI is InChI=1S/C26H27ClN4O4/c1-17-5-10-24(35-17)26(33)30-13-11-29(12-14-30)18(2)25(32)31-22(23-4-3-15-34-23)16-21(28-31)19-6-8-20(27)9-7-19/h3-10,15,18,22H,11-14,16H2,1-2H3. The number of rotatable bonds is 5. The number of amides is 2. The quantitative estimate of drug-likeness (QED) is 0.526. The summed E-state index contributed by atoms with van der Waals surface area (Å²) in [5.41, 5.74) is 1.74. The van der Waals surface area contributed by atoms with Crippen LogP contribution in [-0.4, -0.2) is 64.6 Å². The molecule has 0 N–H and O–H groups in total. The van der Waals surface area contributed by atoms with Gasteiger partial charge in [-0.15, -0.1) is 0 Å². The van der Waals surface area contributed by atoms with Gasteiger partial charge in [-0.1, -0.05) is 23.7 Å². The SMILES string of the molecule is Cc1ccc(C(=O)N2CCN(C(C)C(=O)N3N=C(c4ccc(Cl)cc4)CC3c3ccco3)CC2)o1. The molecule has 2 atom stereocenters. The zero-order chi connectivity index (χ0) is 24.5. The molecule has 8 nitrogen and oxygen atoms in total. The number of aryl methyl sites for hydroxylation is 1. The van der Waals surface area contributed by atoms with Gasteiger partial charge in [-0.2, -0.15) is 5.10 Å². The van der Waals surface area contributed by atoms with E-state index in [2.05, 4.69) is 4.90 Å². The molecule has 1 fully saturated rings. The van der Waals surface area contributed by atoms with Gasteiger partial charge in [0, 0.05) is 37.6 Å². The lowest BCUT2D eigenvalue weighted by Gasteiger charge is -2.38. The number of carbonyl (C=O) groups excluding carboxylic acids is 2. The van der Waals surface area contributed by atoms with Crippen molar-refractivity contribution in [3.63, 3.8) is 0 Å². The molecule has 2 aliphatic rings. The van der Waals surface area contributed by atoms with Crippen molar-refractivity contribution < 1.29 is 18.4 Å². The van der Waals surface area contributed by atoms with Crippen LogP contribution in [0.5, 0.6) is 0 Å². The maximum absolute atomic E-state index is 13.6. The van der Waals surface area contributed by atoms with Gasteiger partial charge in [-0.25, -0.2) is 5.01 Å². The molecule has 2 aliphatic heterocycles. The monoisotopic (exact) mass is 494 g/mol. The minimum absolute atomic E-state index is 0.100. The van der Waals surface area contributed by atoms with Gasteiger partial charge in [0.2, 0.25) is 0 Å². The second-order valence-electron chi connectivity index (χ2n) is 8.89. The highest BCUT2D eigenvalue weighted by Gasteiger charge is 2.39. The Morgan fingerprint density at radius 3 is 2.43 bits per heavy atom. The summed E-state index contributed by atoms with van der Waals surface area (Å²) in [4.78, 5) is 30.2. The minimum Gasteiger partial charge on any atom is -0.467 e. The highest BCUT2D eigenvalue weighted by molar-refractivity contribution is 6.30. The van der Waals surface area contributed by atoms with E-state index in [1.807, 2.05) is 50.2 Å². The van der Waals surface area contributed by atoms with Crippen LogP contribution in [0.2, 0.25) is 5.02 Å². The van der Waals surface area contributed by atoms with Crippen LogP contribution in [0.3, 0.4) is 0 Å². The summed E-state index contributed by atoms with van der Waals surface area (Å²) in [5.74, 6) is 1.54. The van der Waals surface area contributed by atoms with Gasteiger partial charge in [0.15, 0.2) is 5.76 Å². The van der Waals surface area contributed by atoms with Gasteiger partial charge in [0.05, 0.1) is 18.0 Å². The fourth-order valence-corrected chi connectivity index (χ4v) is 4.72. The van der Waals surface area contributed by atoms with E-state index in [9.17, 15) is 9.59 Å². The fourth-order valence-electron chi connectivity index (χ4n) is 4.60. The first-order valence-corrected chi connectivity index (χ1v) is 12.1. The second-order valence-corrected chi connectivity index (χ2v) is 9.32. The molecule has 182 valence electrons. The van der Waals surface area contributed by atoms with E-state index in [-0.39, 0.29) is 17.9 Å². The molecule has 9 heteroatoms. The number of hydrogen-bond acceptors (Lipinski definition) is 6. The third-order valence-corrected chi connectivity index (χ3v) is 6.89. The third-order valence-electron chi connectivity index (χ3n) is 6.64. The average Bonchev–Trinajstić information content (AvgIpc) is 3.64. The molecule has 5 rings (SSSR count). The van der Waals surface area contributed by atoms with Crippen molar-refractivity contribution in [3.8, 4) is 0 Å². The predicted octanol–water partition coefficient (Wildman–Crippen LogP) is 4.36. The molecule has 3 aromatic rings. The van der Waals surface area contributed by atoms with Crippen LogP contribution in [0.25, 0.3) is 0 Å². The summed E-state index contributed by atoms with van der Waals surface area (Å²) in [7, 11) is 0. The van der Waals surface area contributed by atoms with E-state index >= 15 is 0 Å². The molecule has 2 amide bonds.